The predicted molar refractivity (Wildman–Crippen MR) is 110 cm³/mol. The molecule has 0 saturated carbocycles. The van der Waals surface area contributed by atoms with E-state index in [1.807, 2.05) is 6.07 Å². The van der Waals surface area contributed by atoms with E-state index in [0.717, 1.165) is 29.7 Å². The molecule has 2 heterocycles. The first kappa shape index (κ1) is 17.5. The summed E-state index contributed by atoms with van der Waals surface area (Å²) in [4.78, 5) is 16.4. The first-order chi connectivity index (χ1) is 12.7. The van der Waals surface area contributed by atoms with Crippen LogP contribution in [0.3, 0.4) is 0 Å². The summed E-state index contributed by atoms with van der Waals surface area (Å²) in [7, 11) is 0. The van der Waals surface area contributed by atoms with Crippen molar-refractivity contribution in [2.45, 2.75) is 45.1 Å². The van der Waals surface area contributed by atoms with Gasteiger partial charge in [-0.3, -0.25) is 4.79 Å². The Labute approximate surface area is 162 Å². The standard InChI is InChI=1S/C22H23NOS2/c1-2-15-9-11-16(12-10-15)21(19-8-5-13-25-19)23-22(24)20-14-17-6-3-4-7-18(17)26-20/h5,8-14,21H,2-4,6-7H2,1H3,(H,23,24)/t21-/m0/s1. The van der Waals surface area contributed by atoms with Gasteiger partial charge in [-0.05, 0) is 66.3 Å². The van der Waals surface area contributed by atoms with Crippen LogP contribution in [0.1, 0.15) is 61.9 Å². The molecule has 2 nitrogen and oxygen atoms in total. The van der Waals surface area contributed by atoms with Crippen LogP contribution in [0.25, 0.3) is 0 Å². The maximum absolute atomic E-state index is 13.0. The molecule has 0 fully saturated rings. The van der Waals surface area contributed by atoms with Gasteiger partial charge in [0, 0.05) is 9.75 Å². The Morgan fingerprint density at radius 2 is 1.96 bits per heavy atom. The highest BCUT2D eigenvalue weighted by molar-refractivity contribution is 7.14. The Bertz CT molecular complexity index is 854. The van der Waals surface area contributed by atoms with Crippen molar-refractivity contribution in [3.63, 3.8) is 0 Å². The van der Waals surface area contributed by atoms with Crippen molar-refractivity contribution in [3.05, 3.63) is 79.2 Å². The summed E-state index contributed by atoms with van der Waals surface area (Å²) < 4.78 is 0. The van der Waals surface area contributed by atoms with E-state index in [4.69, 9.17) is 0 Å². The molecular formula is C22H23NOS2. The van der Waals surface area contributed by atoms with E-state index in [-0.39, 0.29) is 11.9 Å². The summed E-state index contributed by atoms with van der Waals surface area (Å²) in [6, 6.07) is 14.8. The van der Waals surface area contributed by atoms with E-state index in [1.165, 1.54) is 33.7 Å². The minimum absolute atomic E-state index is 0.0439. The molecule has 0 unspecified atom stereocenters. The number of carbonyl (C=O) groups excluding carboxylic acids is 1. The van der Waals surface area contributed by atoms with Crippen LogP contribution < -0.4 is 5.32 Å². The van der Waals surface area contributed by atoms with Crippen LogP contribution in [0.15, 0.2) is 47.8 Å². The zero-order chi connectivity index (χ0) is 17.9. The minimum atomic E-state index is -0.0902. The van der Waals surface area contributed by atoms with Crippen molar-refractivity contribution < 1.29 is 4.79 Å². The molecule has 1 aromatic carbocycles. The van der Waals surface area contributed by atoms with Crippen molar-refractivity contribution in [1.82, 2.24) is 5.32 Å². The lowest BCUT2D eigenvalue weighted by Gasteiger charge is -2.18. The molecule has 4 heteroatoms. The Morgan fingerprint density at radius 1 is 1.15 bits per heavy atom. The van der Waals surface area contributed by atoms with E-state index >= 15 is 0 Å². The number of carbonyl (C=O) groups is 1. The molecule has 134 valence electrons. The van der Waals surface area contributed by atoms with E-state index in [1.54, 1.807) is 22.7 Å². The molecule has 1 aliphatic rings. The fourth-order valence-corrected chi connectivity index (χ4v) is 5.48. The van der Waals surface area contributed by atoms with Gasteiger partial charge in [-0.2, -0.15) is 0 Å². The van der Waals surface area contributed by atoms with Gasteiger partial charge in [-0.1, -0.05) is 37.3 Å². The average molecular weight is 382 g/mol. The van der Waals surface area contributed by atoms with Gasteiger partial charge in [0.05, 0.1) is 10.9 Å². The largest absolute Gasteiger partial charge is 0.340 e. The second-order valence-electron chi connectivity index (χ2n) is 6.78. The molecule has 1 N–H and O–H groups in total. The summed E-state index contributed by atoms with van der Waals surface area (Å²) in [6.07, 6.45) is 5.76. The molecule has 3 aromatic rings. The van der Waals surface area contributed by atoms with Gasteiger partial charge in [0.15, 0.2) is 0 Å². The van der Waals surface area contributed by atoms with Crippen LogP contribution in [-0.2, 0) is 19.3 Å². The number of nitrogens with one attached hydrogen (secondary N) is 1. The highest BCUT2D eigenvalue weighted by Gasteiger charge is 2.22. The number of amides is 1. The molecule has 0 radical (unpaired) electrons. The molecule has 2 aromatic heterocycles. The van der Waals surface area contributed by atoms with Crippen LogP contribution in [-0.4, -0.2) is 5.91 Å². The molecule has 1 amide bonds. The van der Waals surface area contributed by atoms with Crippen LogP contribution in [0.4, 0.5) is 0 Å². The average Bonchev–Trinajstić information content (AvgIpc) is 3.35. The number of rotatable bonds is 5. The molecule has 0 spiro atoms. The Morgan fingerprint density at radius 3 is 2.65 bits per heavy atom. The fraction of sp³-hybridized carbons (Fsp3) is 0.318. The Balaban J connectivity index is 1.60. The van der Waals surface area contributed by atoms with Gasteiger partial charge in [0.25, 0.3) is 5.91 Å². The van der Waals surface area contributed by atoms with Crippen molar-refractivity contribution in [2.75, 3.05) is 0 Å². The van der Waals surface area contributed by atoms with Crippen molar-refractivity contribution in [3.8, 4) is 0 Å². The number of hydrogen-bond donors (Lipinski definition) is 1. The highest BCUT2D eigenvalue weighted by atomic mass is 32.1. The quantitative estimate of drug-likeness (QED) is 0.597. The van der Waals surface area contributed by atoms with E-state index in [2.05, 4.69) is 54.0 Å². The first-order valence-electron chi connectivity index (χ1n) is 9.29. The van der Waals surface area contributed by atoms with Gasteiger partial charge in [0.1, 0.15) is 0 Å². The third-order valence-corrected chi connectivity index (χ3v) is 7.22. The molecular weight excluding hydrogens is 358 g/mol. The third-order valence-electron chi connectivity index (χ3n) is 5.04. The zero-order valence-electron chi connectivity index (χ0n) is 15.0. The normalized spacial score (nSPS) is 14.7. The summed E-state index contributed by atoms with van der Waals surface area (Å²) in [5.41, 5.74) is 3.83. The summed E-state index contributed by atoms with van der Waals surface area (Å²) in [5.74, 6) is 0.0439. The van der Waals surface area contributed by atoms with Gasteiger partial charge in [0.2, 0.25) is 0 Å². The summed E-state index contributed by atoms with van der Waals surface area (Å²) in [6.45, 7) is 2.16. The Hall–Kier alpha value is -1.91. The Kier molecular flexibility index (Phi) is 5.23. The second kappa shape index (κ2) is 7.77. The number of benzene rings is 1. The van der Waals surface area contributed by atoms with Crippen LogP contribution in [0.5, 0.6) is 0 Å². The number of fused-ring (bicyclic) bond motifs is 1. The lowest BCUT2D eigenvalue weighted by atomic mass is 9.99. The van der Waals surface area contributed by atoms with Crippen LogP contribution in [0.2, 0.25) is 0 Å². The molecule has 1 atom stereocenters. The molecule has 0 aliphatic heterocycles. The van der Waals surface area contributed by atoms with Gasteiger partial charge in [-0.25, -0.2) is 0 Å². The van der Waals surface area contributed by atoms with Gasteiger partial charge >= 0.3 is 0 Å². The fourth-order valence-electron chi connectivity index (χ4n) is 3.52. The molecule has 1 aliphatic carbocycles. The first-order valence-corrected chi connectivity index (χ1v) is 11.0. The SMILES string of the molecule is CCc1ccc([C@H](NC(=O)c2cc3c(s2)CCCC3)c2cccs2)cc1. The van der Waals surface area contributed by atoms with Crippen LogP contribution >= 0.6 is 22.7 Å². The van der Waals surface area contributed by atoms with Crippen molar-refractivity contribution in [2.24, 2.45) is 0 Å². The van der Waals surface area contributed by atoms with Gasteiger partial charge in [-0.15, -0.1) is 22.7 Å². The maximum Gasteiger partial charge on any atom is 0.262 e. The number of hydrogen-bond acceptors (Lipinski definition) is 3. The van der Waals surface area contributed by atoms with E-state index in [9.17, 15) is 4.79 Å². The molecule has 4 rings (SSSR count). The number of aryl methyl sites for hydroxylation is 3. The van der Waals surface area contributed by atoms with Crippen LogP contribution in [0, 0.1) is 0 Å². The monoisotopic (exact) mass is 381 g/mol. The lowest BCUT2D eigenvalue weighted by molar-refractivity contribution is 0.0947. The summed E-state index contributed by atoms with van der Waals surface area (Å²) in [5, 5.41) is 5.35. The maximum atomic E-state index is 13.0. The number of thiophene rings is 2. The lowest BCUT2D eigenvalue weighted by Crippen LogP contribution is -2.28. The second-order valence-corrected chi connectivity index (χ2v) is 8.90. The zero-order valence-corrected chi connectivity index (χ0v) is 16.6. The third kappa shape index (κ3) is 3.62. The molecule has 0 bridgehead atoms. The van der Waals surface area contributed by atoms with Crippen molar-refractivity contribution >= 4 is 28.6 Å². The smallest absolute Gasteiger partial charge is 0.262 e. The highest BCUT2D eigenvalue weighted by Crippen LogP contribution is 2.31. The van der Waals surface area contributed by atoms with E-state index in [0.29, 0.717) is 0 Å². The molecule has 26 heavy (non-hydrogen) atoms. The van der Waals surface area contributed by atoms with Crippen molar-refractivity contribution in [1.29, 1.82) is 0 Å². The minimum Gasteiger partial charge on any atom is -0.340 e. The summed E-state index contributed by atoms with van der Waals surface area (Å²) >= 11 is 3.36. The predicted octanol–water partition coefficient (Wildman–Crippen LogP) is 5.77. The van der Waals surface area contributed by atoms with E-state index < -0.39 is 0 Å². The van der Waals surface area contributed by atoms with Gasteiger partial charge < -0.3 is 5.32 Å². The molecule has 0 saturated heterocycles. The topological polar surface area (TPSA) is 29.1 Å².